The molecule has 52 valence electrons. The van der Waals surface area contributed by atoms with E-state index in [9.17, 15) is 0 Å². The molecule has 0 saturated heterocycles. The number of aromatic nitrogens is 2. The Morgan fingerprint density at radius 3 is 2.80 bits per heavy atom. The van der Waals surface area contributed by atoms with Crippen LogP contribution in [-0.2, 0) is 0 Å². The van der Waals surface area contributed by atoms with Gasteiger partial charge in [0.2, 0.25) is 0 Å². The minimum absolute atomic E-state index is 0.583. The van der Waals surface area contributed by atoms with Crippen molar-refractivity contribution in [2.75, 3.05) is 7.11 Å². The molecule has 2 radical (unpaired) electrons. The van der Waals surface area contributed by atoms with Gasteiger partial charge in [0, 0.05) is 0 Å². The van der Waals surface area contributed by atoms with Gasteiger partial charge in [-0.2, -0.15) is 0 Å². The topological polar surface area (TPSA) is 35.0 Å². The SMILES string of the molecule is COc1nc(C)cnc1[As]. The molecule has 1 heterocycles. The summed E-state index contributed by atoms with van der Waals surface area (Å²) < 4.78 is 5.70. The van der Waals surface area contributed by atoms with Crippen LogP contribution in [0.1, 0.15) is 5.69 Å². The summed E-state index contributed by atoms with van der Waals surface area (Å²) in [5.74, 6) is 0.583. The summed E-state index contributed by atoms with van der Waals surface area (Å²) in [4.78, 5) is 8.13. The van der Waals surface area contributed by atoms with Gasteiger partial charge in [-0.15, -0.1) is 0 Å². The molecule has 0 spiro atoms. The van der Waals surface area contributed by atoms with E-state index in [0.29, 0.717) is 5.88 Å². The molecule has 1 rings (SSSR count). The van der Waals surface area contributed by atoms with Crippen molar-refractivity contribution in [3.05, 3.63) is 11.9 Å². The first-order chi connectivity index (χ1) is 4.74. The summed E-state index contributed by atoms with van der Waals surface area (Å²) in [6.07, 6.45) is 1.70. The zero-order valence-corrected chi connectivity index (χ0v) is 7.70. The third-order valence-corrected chi connectivity index (χ3v) is 1.68. The van der Waals surface area contributed by atoms with Crippen molar-refractivity contribution in [1.82, 2.24) is 9.97 Å². The summed E-state index contributed by atoms with van der Waals surface area (Å²) in [7, 11) is 1.58. The second-order valence-corrected chi connectivity index (χ2v) is 2.73. The number of aryl methyl sites for hydroxylation is 1. The number of rotatable bonds is 1. The van der Waals surface area contributed by atoms with Gasteiger partial charge in [0.15, 0.2) is 0 Å². The van der Waals surface area contributed by atoms with Gasteiger partial charge in [0.1, 0.15) is 0 Å². The molecule has 0 aromatic carbocycles. The molecule has 4 heteroatoms. The Kier molecular flexibility index (Phi) is 2.28. The molecule has 1 aromatic rings. The summed E-state index contributed by atoms with van der Waals surface area (Å²) in [5, 5.41) is 0. The Morgan fingerprint density at radius 1 is 1.60 bits per heavy atom. The van der Waals surface area contributed by atoms with Gasteiger partial charge < -0.3 is 0 Å². The van der Waals surface area contributed by atoms with Crippen LogP contribution in [0.5, 0.6) is 5.88 Å². The van der Waals surface area contributed by atoms with E-state index in [1.165, 1.54) is 0 Å². The summed E-state index contributed by atoms with van der Waals surface area (Å²) in [5.41, 5.74) is 0.867. The van der Waals surface area contributed by atoms with E-state index in [1.807, 2.05) is 6.92 Å². The first-order valence-electron chi connectivity index (χ1n) is 2.80. The van der Waals surface area contributed by atoms with Gasteiger partial charge in [-0.05, 0) is 0 Å². The average molecular weight is 198 g/mol. The normalized spacial score (nSPS) is 9.50. The standard InChI is InChI=1S/C6H7AsN2O/c1-4-3-8-5(7)6(9-4)10-2/h3H,1-2H3. The Bertz CT molecular complexity index is 239. The maximum absolute atomic E-state index is 4.94. The van der Waals surface area contributed by atoms with Crippen molar-refractivity contribution in [2.45, 2.75) is 6.92 Å². The third-order valence-electron chi connectivity index (χ3n) is 1.04. The van der Waals surface area contributed by atoms with E-state index in [-0.39, 0.29) is 0 Å². The molecule has 0 aliphatic rings. The molecule has 10 heavy (non-hydrogen) atoms. The molecular formula is C6H7AsN2O. The zero-order valence-electron chi connectivity index (χ0n) is 5.83. The van der Waals surface area contributed by atoms with Crippen molar-refractivity contribution in [3.63, 3.8) is 0 Å². The van der Waals surface area contributed by atoms with E-state index in [0.717, 1.165) is 10.2 Å². The first-order valence-corrected chi connectivity index (χ1v) is 3.74. The van der Waals surface area contributed by atoms with Gasteiger partial charge in [-0.25, -0.2) is 0 Å². The van der Waals surface area contributed by atoms with E-state index < -0.39 is 0 Å². The quantitative estimate of drug-likeness (QED) is 0.575. The number of hydrogen-bond donors (Lipinski definition) is 0. The number of hydrogen-bond acceptors (Lipinski definition) is 3. The van der Waals surface area contributed by atoms with Gasteiger partial charge in [0.25, 0.3) is 0 Å². The van der Waals surface area contributed by atoms with Crippen LogP contribution in [0.15, 0.2) is 6.20 Å². The molecule has 0 amide bonds. The van der Waals surface area contributed by atoms with Crippen LogP contribution < -0.4 is 9.22 Å². The van der Waals surface area contributed by atoms with Crippen molar-refractivity contribution < 1.29 is 4.74 Å². The Labute approximate surface area is 68.3 Å². The molecule has 0 aliphatic heterocycles. The first kappa shape index (κ1) is 7.54. The van der Waals surface area contributed by atoms with Crippen molar-refractivity contribution in [3.8, 4) is 5.88 Å². The fraction of sp³-hybridized carbons (Fsp3) is 0.333. The monoisotopic (exact) mass is 198 g/mol. The van der Waals surface area contributed by atoms with Crippen molar-refractivity contribution in [2.24, 2.45) is 0 Å². The Morgan fingerprint density at radius 2 is 2.30 bits per heavy atom. The van der Waals surface area contributed by atoms with E-state index in [4.69, 9.17) is 4.74 Å². The summed E-state index contributed by atoms with van der Waals surface area (Å²) in [6.45, 7) is 1.88. The van der Waals surface area contributed by atoms with E-state index in [2.05, 4.69) is 26.8 Å². The van der Waals surface area contributed by atoms with Crippen LogP contribution >= 0.6 is 0 Å². The van der Waals surface area contributed by atoms with Gasteiger partial charge in [-0.1, -0.05) is 0 Å². The van der Waals surface area contributed by atoms with Crippen LogP contribution in [0.2, 0.25) is 0 Å². The summed E-state index contributed by atoms with van der Waals surface area (Å²) >= 11 is 2.31. The predicted octanol–water partition coefficient (Wildman–Crippen LogP) is -0.413. The van der Waals surface area contributed by atoms with Gasteiger partial charge in [-0.3, -0.25) is 0 Å². The van der Waals surface area contributed by atoms with E-state index in [1.54, 1.807) is 13.3 Å². The zero-order chi connectivity index (χ0) is 7.56. The van der Waals surface area contributed by atoms with Crippen LogP contribution in [0.3, 0.4) is 0 Å². The van der Waals surface area contributed by atoms with Crippen LogP contribution in [0.4, 0.5) is 0 Å². The number of nitrogens with zero attached hydrogens (tertiary/aromatic N) is 2. The number of ether oxygens (including phenoxy) is 1. The van der Waals surface area contributed by atoms with Crippen LogP contribution in [0.25, 0.3) is 0 Å². The van der Waals surface area contributed by atoms with Crippen molar-refractivity contribution >= 4 is 21.3 Å². The fourth-order valence-corrected chi connectivity index (χ4v) is 1.00. The van der Waals surface area contributed by atoms with Gasteiger partial charge in [0.05, 0.1) is 0 Å². The molecule has 0 bridgehead atoms. The molecule has 0 aliphatic carbocycles. The molecule has 0 N–H and O–H groups in total. The molecule has 0 fully saturated rings. The Hall–Kier alpha value is -0.562. The minimum atomic E-state index is 0.583. The molecule has 0 unspecified atom stereocenters. The Balaban J connectivity index is 3.09. The second kappa shape index (κ2) is 3.02. The number of methoxy groups -OCH3 is 1. The summed E-state index contributed by atoms with van der Waals surface area (Å²) in [6, 6.07) is 0. The van der Waals surface area contributed by atoms with Crippen LogP contribution in [-0.4, -0.2) is 33.9 Å². The molecule has 1 aromatic heterocycles. The van der Waals surface area contributed by atoms with E-state index >= 15 is 0 Å². The average Bonchev–Trinajstić information content (AvgIpc) is 1.94. The second-order valence-electron chi connectivity index (χ2n) is 1.84. The molecular weight excluding hydrogens is 191 g/mol. The fourth-order valence-electron chi connectivity index (χ4n) is 0.586. The van der Waals surface area contributed by atoms with Gasteiger partial charge >= 0.3 is 67.8 Å². The maximum atomic E-state index is 4.94. The molecule has 3 nitrogen and oxygen atoms in total. The van der Waals surface area contributed by atoms with Crippen molar-refractivity contribution in [1.29, 1.82) is 0 Å². The molecule has 0 saturated carbocycles. The third kappa shape index (κ3) is 1.48. The predicted molar refractivity (Wildman–Crippen MR) is 38.7 cm³/mol. The molecule has 0 atom stereocenters. The van der Waals surface area contributed by atoms with Crippen LogP contribution in [0, 0.1) is 6.92 Å².